The fourth-order valence-corrected chi connectivity index (χ4v) is 2.43. The van der Waals surface area contributed by atoms with Crippen LogP contribution in [0.2, 0.25) is 0 Å². The smallest absolute Gasteiger partial charge is 0.228 e. The van der Waals surface area contributed by atoms with E-state index < -0.39 is 0 Å². The lowest BCUT2D eigenvalue weighted by Crippen LogP contribution is -2.24. The lowest BCUT2D eigenvalue weighted by molar-refractivity contribution is -0.117. The summed E-state index contributed by atoms with van der Waals surface area (Å²) < 4.78 is 0. The number of thiol groups is 1. The van der Waals surface area contributed by atoms with Crippen molar-refractivity contribution >= 4 is 24.2 Å². The summed E-state index contributed by atoms with van der Waals surface area (Å²) in [5.74, 6) is 0.183. The van der Waals surface area contributed by atoms with Gasteiger partial charge in [-0.15, -0.1) is 0 Å². The summed E-state index contributed by atoms with van der Waals surface area (Å²) in [5, 5.41) is 0.175. The molecule has 0 aromatic heterocycles. The molecule has 1 aliphatic heterocycles. The van der Waals surface area contributed by atoms with E-state index in [1.165, 1.54) is 16.7 Å². The highest BCUT2D eigenvalue weighted by atomic mass is 32.1. The third-order valence-corrected chi connectivity index (χ3v) is 3.67. The number of benzene rings is 1. The van der Waals surface area contributed by atoms with Gasteiger partial charge in [-0.3, -0.25) is 4.79 Å². The maximum absolute atomic E-state index is 11.8. The van der Waals surface area contributed by atoms with E-state index in [1.807, 2.05) is 4.90 Å². The first kappa shape index (κ1) is 11.5. The van der Waals surface area contributed by atoms with Crippen molar-refractivity contribution in [3.8, 4) is 0 Å². The van der Waals surface area contributed by atoms with Gasteiger partial charge in [0.05, 0.1) is 0 Å². The van der Waals surface area contributed by atoms with Crippen LogP contribution >= 0.6 is 12.6 Å². The van der Waals surface area contributed by atoms with E-state index in [2.05, 4.69) is 45.5 Å². The second kappa shape index (κ2) is 4.13. The molecular formula is C13H17NOS. The van der Waals surface area contributed by atoms with Crippen LogP contribution in [0.15, 0.2) is 12.1 Å². The minimum atomic E-state index is 0.175. The molecule has 2 rings (SSSR count). The minimum Gasteiger partial charge on any atom is -0.311 e. The molecule has 1 atom stereocenters. The van der Waals surface area contributed by atoms with Crippen LogP contribution in [0.3, 0.4) is 0 Å². The zero-order valence-electron chi connectivity index (χ0n) is 9.95. The summed E-state index contributed by atoms with van der Waals surface area (Å²) >= 11 is 4.37. The van der Waals surface area contributed by atoms with Crippen molar-refractivity contribution in [3.05, 3.63) is 28.8 Å². The van der Waals surface area contributed by atoms with Crippen molar-refractivity contribution in [2.45, 2.75) is 32.4 Å². The number of rotatable bonds is 1. The molecule has 1 heterocycles. The van der Waals surface area contributed by atoms with Gasteiger partial charge in [-0.1, -0.05) is 0 Å². The third kappa shape index (κ3) is 1.96. The zero-order chi connectivity index (χ0) is 11.9. The summed E-state index contributed by atoms with van der Waals surface area (Å²) in [7, 11) is 0. The van der Waals surface area contributed by atoms with E-state index in [-0.39, 0.29) is 11.2 Å². The molecule has 1 aromatic carbocycles. The minimum absolute atomic E-state index is 0.175. The highest BCUT2D eigenvalue weighted by molar-refractivity contribution is 7.81. The Morgan fingerprint density at radius 3 is 2.25 bits per heavy atom. The van der Waals surface area contributed by atoms with Crippen LogP contribution in [-0.4, -0.2) is 17.7 Å². The Bertz CT molecular complexity index is 419. The molecule has 0 spiro atoms. The van der Waals surface area contributed by atoms with E-state index in [0.29, 0.717) is 6.42 Å². The molecule has 86 valence electrons. The van der Waals surface area contributed by atoms with Crippen LogP contribution in [0.1, 0.15) is 23.1 Å². The first-order valence-corrected chi connectivity index (χ1v) is 6.07. The molecule has 1 aromatic rings. The number of nitrogens with zero attached hydrogens (tertiary/aromatic N) is 1. The highest BCUT2D eigenvalue weighted by Gasteiger charge is 2.28. The van der Waals surface area contributed by atoms with Crippen LogP contribution < -0.4 is 4.90 Å². The molecule has 2 nitrogen and oxygen atoms in total. The maximum atomic E-state index is 11.8. The lowest BCUT2D eigenvalue weighted by Gasteiger charge is -2.18. The first-order chi connectivity index (χ1) is 7.49. The van der Waals surface area contributed by atoms with Gasteiger partial charge in [0.1, 0.15) is 0 Å². The van der Waals surface area contributed by atoms with Gasteiger partial charge < -0.3 is 4.90 Å². The molecule has 0 N–H and O–H groups in total. The highest BCUT2D eigenvalue weighted by Crippen LogP contribution is 2.27. The predicted molar refractivity (Wildman–Crippen MR) is 70.4 cm³/mol. The predicted octanol–water partition coefficient (Wildman–Crippen LogP) is 2.65. The number of aryl methyl sites for hydroxylation is 2. The Morgan fingerprint density at radius 1 is 1.25 bits per heavy atom. The monoisotopic (exact) mass is 235 g/mol. The summed E-state index contributed by atoms with van der Waals surface area (Å²) in [4.78, 5) is 13.6. The second-order valence-electron chi connectivity index (χ2n) is 4.57. The van der Waals surface area contributed by atoms with E-state index in [1.54, 1.807) is 0 Å². The van der Waals surface area contributed by atoms with Crippen LogP contribution in [0.5, 0.6) is 0 Å². The zero-order valence-corrected chi connectivity index (χ0v) is 10.8. The Hall–Kier alpha value is -0.960. The van der Waals surface area contributed by atoms with Gasteiger partial charge in [0, 0.05) is 23.9 Å². The number of amides is 1. The van der Waals surface area contributed by atoms with Gasteiger partial charge in [-0.25, -0.2) is 0 Å². The van der Waals surface area contributed by atoms with Gasteiger partial charge in [0.25, 0.3) is 0 Å². The molecule has 1 fully saturated rings. The molecule has 1 amide bonds. The average Bonchev–Trinajstić information content (AvgIpc) is 2.53. The molecule has 1 unspecified atom stereocenters. The van der Waals surface area contributed by atoms with Crippen LogP contribution in [0.4, 0.5) is 5.69 Å². The number of hydrogen-bond donors (Lipinski definition) is 1. The lowest BCUT2D eigenvalue weighted by atomic mass is 10.0. The van der Waals surface area contributed by atoms with E-state index in [4.69, 9.17) is 0 Å². The maximum Gasteiger partial charge on any atom is 0.228 e. The molecule has 0 saturated carbocycles. The average molecular weight is 235 g/mol. The number of carbonyl (C=O) groups excluding carboxylic acids is 1. The topological polar surface area (TPSA) is 20.3 Å². The summed E-state index contributed by atoms with van der Waals surface area (Å²) in [5.41, 5.74) is 4.80. The Morgan fingerprint density at radius 2 is 1.81 bits per heavy atom. The van der Waals surface area contributed by atoms with Crippen LogP contribution in [0.25, 0.3) is 0 Å². The molecular weight excluding hydrogens is 218 g/mol. The third-order valence-electron chi connectivity index (χ3n) is 3.33. The Labute approximate surface area is 102 Å². The van der Waals surface area contributed by atoms with E-state index in [0.717, 1.165) is 12.2 Å². The number of carbonyl (C=O) groups is 1. The van der Waals surface area contributed by atoms with E-state index >= 15 is 0 Å². The first-order valence-electron chi connectivity index (χ1n) is 5.55. The van der Waals surface area contributed by atoms with Gasteiger partial charge in [0.2, 0.25) is 5.91 Å². The summed E-state index contributed by atoms with van der Waals surface area (Å²) in [6.07, 6.45) is 0.551. The molecule has 0 bridgehead atoms. The molecule has 16 heavy (non-hydrogen) atoms. The molecule has 1 aliphatic rings. The SMILES string of the molecule is Cc1cc(N2CC(S)CC2=O)cc(C)c1C. The van der Waals surface area contributed by atoms with Crippen LogP contribution in [-0.2, 0) is 4.79 Å². The standard InChI is InChI=1S/C13H17NOS/c1-8-4-11(5-9(2)10(8)3)14-7-12(16)6-13(14)15/h4-5,12,16H,6-7H2,1-3H3. The fraction of sp³-hybridized carbons (Fsp3) is 0.462. The van der Waals surface area contributed by atoms with Gasteiger partial charge in [0.15, 0.2) is 0 Å². The molecule has 0 aliphatic carbocycles. The summed E-state index contributed by atoms with van der Waals surface area (Å²) in [6.45, 7) is 7.01. The molecule has 0 radical (unpaired) electrons. The van der Waals surface area contributed by atoms with Crippen molar-refractivity contribution in [2.75, 3.05) is 11.4 Å². The van der Waals surface area contributed by atoms with E-state index in [9.17, 15) is 4.79 Å². The number of anilines is 1. The fourth-order valence-electron chi connectivity index (χ4n) is 2.11. The molecule has 3 heteroatoms. The number of hydrogen-bond acceptors (Lipinski definition) is 2. The second-order valence-corrected chi connectivity index (χ2v) is 5.30. The Balaban J connectivity index is 2.38. The van der Waals surface area contributed by atoms with Gasteiger partial charge in [-0.05, 0) is 49.6 Å². The quantitative estimate of drug-likeness (QED) is 0.742. The van der Waals surface area contributed by atoms with Gasteiger partial charge in [-0.2, -0.15) is 12.6 Å². The van der Waals surface area contributed by atoms with Crippen molar-refractivity contribution in [1.82, 2.24) is 0 Å². The summed E-state index contributed by atoms with van der Waals surface area (Å²) in [6, 6.07) is 4.18. The van der Waals surface area contributed by atoms with Crippen molar-refractivity contribution in [1.29, 1.82) is 0 Å². The van der Waals surface area contributed by atoms with Crippen molar-refractivity contribution in [2.24, 2.45) is 0 Å². The normalized spacial score (nSPS) is 20.6. The van der Waals surface area contributed by atoms with Crippen LogP contribution in [0, 0.1) is 20.8 Å². The van der Waals surface area contributed by atoms with Gasteiger partial charge >= 0.3 is 0 Å². The Kier molecular flexibility index (Phi) is 2.98. The van der Waals surface area contributed by atoms with Crippen molar-refractivity contribution < 1.29 is 4.79 Å². The largest absolute Gasteiger partial charge is 0.311 e. The molecule has 1 saturated heterocycles. The van der Waals surface area contributed by atoms with Crippen molar-refractivity contribution in [3.63, 3.8) is 0 Å².